The van der Waals surface area contributed by atoms with Crippen molar-refractivity contribution < 1.29 is 13.5 Å². The number of nitrogens with zero attached hydrogens (tertiary/aromatic N) is 1. The monoisotopic (exact) mass is 236 g/mol. The Hall–Kier alpha value is -2.17. The molecule has 0 aliphatic heterocycles. The van der Waals surface area contributed by atoms with E-state index in [0.717, 1.165) is 6.07 Å². The van der Waals surface area contributed by atoms with Crippen molar-refractivity contribution in [2.45, 2.75) is 0 Å². The van der Waals surface area contributed by atoms with E-state index in [1.165, 1.54) is 7.05 Å². The second kappa shape index (κ2) is 4.78. The van der Waals surface area contributed by atoms with Crippen LogP contribution >= 0.6 is 0 Å². The molecule has 5 heteroatoms. The predicted octanol–water partition coefficient (Wildman–Crippen LogP) is 3.19. The van der Waals surface area contributed by atoms with Crippen molar-refractivity contribution >= 4 is 5.82 Å². The molecule has 0 bridgehead atoms. The zero-order chi connectivity index (χ0) is 12.3. The minimum Gasteiger partial charge on any atom is -0.436 e. The van der Waals surface area contributed by atoms with E-state index in [-0.39, 0.29) is 11.7 Å². The van der Waals surface area contributed by atoms with Crippen LogP contribution in [-0.4, -0.2) is 12.0 Å². The first kappa shape index (κ1) is 11.3. The van der Waals surface area contributed by atoms with Crippen molar-refractivity contribution in [3.63, 3.8) is 0 Å². The van der Waals surface area contributed by atoms with Crippen LogP contribution in [0.1, 0.15) is 0 Å². The largest absolute Gasteiger partial charge is 0.436 e. The fourth-order valence-corrected chi connectivity index (χ4v) is 1.30. The molecular formula is C12H10F2N2O. The quantitative estimate of drug-likeness (QED) is 0.888. The van der Waals surface area contributed by atoms with Gasteiger partial charge in [-0.25, -0.2) is 8.78 Å². The molecule has 2 aromatic rings. The van der Waals surface area contributed by atoms with Crippen molar-refractivity contribution in [2.24, 2.45) is 0 Å². The Kier molecular flexibility index (Phi) is 3.18. The summed E-state index contributed by atoms with van der Waals surface area (Å²) < 4.78 is 31.8. The van der Waals surface area contributed by atoms with E-state index < -0.39 is 11.6 Å². The molecule has 1 aromatic carbocycles. The van der Waals surface area contributed by atoms with Crippen LogP contribution in [0.2, 0.25) is 0 Å². The fraction of sp³-hybridized carbons (Fsp3) is 0.0833. The maximum Gasteiger partial charge on any atom is 0.258 e. The lowest BCUT2D eigenvalue weighted by molar-refractivity contribution is 0.418. The van der Waals surface area contributed by atoms with Crippen LogP contribution in [0.5, 0.6) is 11.6 Å². The van der Waals surface area contributed by atoms with Crippen molar-refractivity contribution in [3.8, 4) is 11.6 Å². The lowest BCUT2D eigenvalue weighted by atomic mass is 10.3. The highest BCUT2D eigenvalue weighted by Gasteiger charge is 2.12. The van der Waals surface area contributed by atoms with E-state index in [0.29, 0.717) is 5.75 Å². The maximum absolute atomic E-state index is 13.4. The van der Waals surface area contributed by atoms with Crippen LogP contribution in [0.3, 0.4) is 0 Å². The topological polar surface area (TPSA) is 34.2 Å². The van der Waals surface area contributed by atoms with E-state index in [9.17, 15) is 8.78 Å². The second-order valence-electron chi connectivity index (χ2n) is 3.27. The first-order valence-corrected chi connectivity index (χ1v) is 4.97. The van der Waals surface area contributed by atoms with Gasteiger partial charge in [0, 0.05) is 13.1 Å². The molecule has 0 saturated heterocycles. The molecule has 1 N–H and O–H groups in total. The van der Waals surface area contributed by atoms with Gasteiger partial charge in [-0.1, -0.05) is 18.2 Å². The lowest BCUT2D eigenvalue weighted by Crippen LogP contribution is -2.00. The highest BCUT2D eigenvalue weighted by Crippen LogP contribution is 2.25. The third kappa shape index (κ3) is 2.50. The number of anilines is 1. The minimum atomic E-state index is -0.842. The van der Waals surface area contributed by atoms with Gasteiger partial charge in [-0.15, -0.1) is 0 Å². The molecule has 0 aliphatic rings. The summed E-state index contributed by atoms with van der Waals surface area (Å²) in [5.41, 5.74) is 0. The zero-order valence-corrected chi connectivity index (χ0v) is 9.08. The Morgan fingerprint density at radius 2 is 1.82 bits per heavy atom. The van der Waals surface area contributed by atoms with Gasteiger partial charge in [0.15, 0.2) is 17.5 Å². The number of nitrogens with one attached hydrogen (secondary N) is 1. The Morgan fingerprint density at radius 3 is 2.47 bits per heavy atom. The van der Waals surface area contributed by atoms with Gasteiger partial charge in [0.1, 0.15) is 5.75 Å². The van der Waals surface area contributed by atoms with Crippen LogP contribution in [-0.2, 0) is 0 Å². The highest BCUT2D eigenvalue weighted by molar-refractivity contribution is 5.40. The molecule has 0 radical (unpaired) electrons. The Balaban J connectivity index is 2.33. The van der Waals surface area contributed by atoms with E-state index in [2.05, 4.69) is 10.3 Å². The van der Waals surface area contributed by atoms with E-state index >= 15 is 0 Å². The number of ether oxygens (including phenoxy) is 1. The third-order valence-corrected chi connectivity index (χ3v) is 2.09. The number of hydrogen-bond acceptors (Lipinski definition) is 3. The molecule has 1 heterocycles. The van der Waals surface area contributed by atoms with Gasteiger partial charge < -0.3 is 10.1 Å². The molecule has 17 heavy (non-hydrogen) atoms. The predicted molar refractivity (Wildman–Crippen MR) is 60.2 cm³/mol. The van der Waals surface area contributed by atoms with Crippen LogP contribution in [0.15, 0.2) is 36.4 Å². The first-order chi connectivity index (χ1) is 8.20. The summed E-state index contributed by atoms with van der Waals surface area (Å²) in [5, 5.41) is 2.52. The molecule has 2 rings (SSSR count). The number of aromatic nitrogens is 1. The van der Waals surface area contributed by atoms with E-state index in [1.54, 1.807) is 30.3 Å². The Labute approximate surface area is 97.1 Å². The van der Waals surface area contributed by atoms with Gasteiger partial charge >= 0.3 is 0 Å². The van der Waals surface area contributed by atoms with Gasteiger partial charge in [0.25, 0.3) is 5.88 Å². The van der Waals surface area contributed by atoms with Crippen molar-refractivity contribution in [2.75, 3.05) is 12.4 Å². The summed E-state index contributed by atoms with van der Waals surface area (Å²) in [4.78, 5) is 3.70. The average Bonchev–Trinajstić information content (AvgIpc) is 2.34. The molecule has 0 unspecified atom stereocenters. The number of hydrogen-bond donors (Lipinski definition) is 1. The molecule has 0 aliphatic carbocycles. The van der Waals surface area contributed by atoms with Crippen LogP contribution in [0.25, 0.3) is 0 Å². The van der Waals surface area contributed by atoms with E-state index in [4.69, 9.17) is 4.74 Å². The van der Waals surface area contributed by atoms with Gasteiger partial charge in [-0.3, -0.25) is 0 Å². The summed E-state index contributed by atoms with van der Waals surface area (Å²) in [5.74, 6) is -1.48. The molecular weight excluding hydrogens is 226 g/mol. The van der Waals surface area contributed by atoms with Crippen LogP contribution in [0.4, 0.5) is 14.6 Å². The fourth-order valence-electron chi connectivity index (χ4n) is 1.30. The Morgan fingerprint density at radius 1 is 1.12 bits per heavy atom. The van der Waals surface area contributed by atoms with Crippen molar-refractivity contribution in [1.29, 1.82) is 0 Å². The average molecular weight is 236 g/mol. The van der Waals surface area contributed by atoms with Crippen molar-refractivity contribution in [3.05, 3.63) is 48.0 Å². The van der Waals surface area contributed by atoms with Crippen LogP contribution in [0, 0.1) is 11.6 Å². The number of rotatable bonds is 3. The third-order valence-electron chi connectivity index (χ3n) is 2.09. The lowest BCUT2D eigenvalue weighted by Gasteiger charge is -2.08. The Bertz CT molecular complexity index is 517. The molecule has 0 saturated carbocycles. The van der Waals surface area contributed by atoms with Gasteiger partial charge in [0.05, 0.1) is 0 Å². The molecule has 1 aromatic heterocycles. The van der Waals surface area contributed by atoms with Gasteiger partial charge in [-0.05, 0) is 12.1 Å². The molecule has 0 spiro atoms. The number of halogens is 2. The number of benzene rings is 1. The van der Waals surface area contributed by atoms with Crippen LogP contribution < -0.4 is 10.1 Å². The van der Waals surface area contributed by atoms with E-state index in [1.807, 2.05) is 0 Å². The van der Waals surface area contributed by atoms with Crippen molar-refractivity contribution in [1.82, 2.24) is 4.98 Å². The SMILES string of the molecule is CNc1nc(Oc2ccccc2)c(F)cc1F. The summed E-state index contributed by atoms with van der Waals surface area (Å²) in [6, 6.07) is 9.34. The smallest absolute Gasteiger partial charge is 0.258 e. The standard InChI is InChI=1S/C12H10F2N2O/c1-15-11-9(13)7-10(14)12(16-11)17-8-5-3-2-4-6-8/h2-7H,1H3,(H,15,16). The van der Waals surface area contributed by atoms with Gasteiger partial charge in [0.2, 0.25) is 0 Å². The first-order valence-electron chi connectivity index (χ1n) is 4.97. The number of pyridine rings is 1. The normalized spacial score (nSPS) is 10.1. The second-order valence-corrected chi connectivity index (χ2v) is 3.27. The molecule has 0 fully saturated rings. The molecule has 3 nitrogen and oxygen atoms in total. The molecule has 0 amide bonds. The summed E-state index contributed by atoms with van der Waals surface area (Å²) in [7, 11) is 1.50. The summed E-state index contributed by atoms with van der Waals surface area (Å²) >= 11 is 0. The maximum atomic E-state index is 13.4. The number of para-hydroxylation sites is 1. The highest BCUT2D eigenvalue weighted by atomic mass is 19.1. The molecule has 0 atom stereocenters. The van der Waals surface area contributed by atoms with Gasteiger partial charge in [-0.2, -0.15) is 4.98 Å². The summed E-state index contributed by atoms with van der Waals surface area (Å²) in [6.45, 7) is 0. The summed E-state index contributed by atoms with van der Waals surface area (Å²) in [6.07, 6.45) is 0. The molecule has 88 valence electrons. The minimum absolute atomic E-state index is 0.0580. The zero-order valence-electron chi connectivity index (χ0n) is 9.08.